The monoisotopic (exact) mass is 251 g/mol. The van der Waals surface area contributed by atoms with Gasteiger partial charge in [0.1, 0.15) is 6.10 Å². The first-order valence-electron chi connectivity index (χ1n) is 6.59. The molecule has 0 aliphatic carbocycles. The lowest BCUT2D eigenvalue weighted by molar-refractivity contribution is 0.0230. The Labute approximate surface area is 110 Å². The van der Waals surface area contributed by atoms with Gasteiger partial charge in [-0.2, -0.15) is 0 Å². The van der Waals surface area contributed by atoms with Crippen molar-refractivity contribution in [1.29, 1.82) is 0 Å². The third-order valence-electron chi connectivity index (χ3n) is 3.32. The Bertz CT molecular complexity index is 362. The van der Waals surface area contributed by atoms with Crippen molar-refractivity contribution < 1.29 is 10.2 Å². The minimum atomic E-state index is -0.914. The maximum Gasteiger partial charge on any atom is 0.107 e. The van der Waals surface area contributed by atoms with E-state index in [0.29, 0.717) is 11.8 Å². The van der Waals surface area contributed by atoms with E-state index in [1.807, 2.05) is 18.2 Å². The van der Waals surface area contributed by atoms with Gasteiger partial charge in [0.25, 0.3) is 0 Å². The quantitative estimate of drug-likeness (QED) is 0.752. The predicted octanol–water partition coefficient (Wildman–Crippen LogP) is 2.29. The molecule has 1 aromatic rings. The average Bonchev–Trinajstić information content (AvgIpc) is 2.35. The van der Waals surface area contributed by atoms with E-state index in [4.69, 9.17) is 5.73 Å². The van der Waals surface area contributed by atoms with Crippen LogP contribution in [0.15, 0.2) is 18.2 Å². The van der Waals surface area contributed by atoms with Crippen LogP contribution in [0, 0.1) is 0 Å². The van der Waals surface area contributed by atoms with Crippen LogP contribution in [0.1, 0.15) is 62.3 Å². The van der Waals surface area contributed by atoms with Gasteiger partial charge in [0.15, 0.2) is 0 Å². The highest BCUT2D eigenvalue weighted by molar-refractivity contribution is 5.41. The second-order valence-electron chi connectivity index (χ2n) is 5.41. The zero-order valence-electron chi connectivity index (χ0n) is 11.7. The van der Waals surface area contributed by atoms with E-state index in [-0.39, 0.29) is 6.54 Å². The van der Waals surface area contributed by atoms with Crippen molar-refractivity contribution in [3.63, 3.8) is 0 Å². The molecule has 0 aromatic heterocycles. The molecule has 0 saturated carbocycles. The van der Waals surface area contributed by atoms with Gasteiger partial charge in [-0.3, -0.25) is 0 Å². The van der Waals surface area contributed by atoms with E-state index in [2.05, 4.69) is 27.7 Å². The molecule has 102 valence electrons. The van der Waals surface area contributed by atoms with E-state index < -0.39 is 12.2 Å². The minimum Gasteiger partial charge on any atom is -0.389 e. The summed E-state index contributed by atoms with van der Waals surface area (Å²) >= 11 is 0. The third-order valence-corrected chi connectivity index (χ3v) is 3.32. The van der Waals surface area contributed by atoms with Crippen LogP contribution >= 0.6 is 0 Å². The van der Waals surface area contributed by atoms with Crippen LogP contribution in [0.2, 0.25) is 0 Å². The molecule has 3 nitrogen and oxygen atoms in total. The SMILES string of the molecule is CC(C)c1cccc(C(C)C)c1C(O)C(O)CN. The van der Waals surface area contributed by atoms with Crippen molar-refractivity contribution in [2.45, 2.75) is 51.7 Å². The molecule has 1 aromatic carbocycles. The van der Waals surface area contributed by atoms with Crippen LogP contribution in [0.25, 0.3) is 0 Å². The number of nitrogens with two attached hydrogens (primary N) is 1. The smallest absolute Gasteiger partial charge is 0.107 e. The zero-order valence-corrected chi connectivity index (χ0v) is 11.7. The molecule has 18 heavy (non-hydrogen) atoms. The first-order chi connectivity index (χ1) is 8.40. The summed E-state index contributed by atoms with van der Waals surface area (Å²) < 4.78 is 0. The summed E-state index contributed by atoms with van der Waals surface area (Å²) in [5.74, 6) is 0.608. The van der Waals surface area contributed by atoms with Crippen LogP contribution in [0.3, 0.4) is 0 Å². The molecular formula is C15H25NO2. The molecule has 0 aliphatic rings. The summed E-state index contributed by atoms with van der Waals surface area (Å²) in [5, 5.41) is 20.1. The molecule has 0 saturated heterocycles. The van der Waals surface area contributed by atoms with Crippen LogP contribution in [-0.4, -0.2) is 22.9 Å². The number of rotatable bonds is 5. The maximum atomic E-state index is 10.3. The molecule has 2 atom stereocenters. The Morgan fingerprint density at radius 3 is 1.78 bits per heavy atom. The van der Waals surface area contributed by atoms with Gasteiger partial charge in [-0.15, -0.1) is 0 Å². The lowest BCUT2D eigenvalue weighted by Crippen LogP contribution is -2.29. The van der Waals surface area contributed by atoms with Crippen molar-refractivity contribution >= 4 is 0 Å². The molecule has 2 unspecified atom stereocenters. The summed E-state index contributed by atoms with van der Waals surface area (Å²) in [4.78, 5) is 0. The molecule has 0 bridgehead atoms. The van der Waals surface area contributed by atoms with Gasteiger partial charge in [0.2, 0.25) is 0 Å². The topological polar surface area (TPSA) is 66.5 Å². The van der Waals surface area contributed by atoms with E-state index in [1.165, 1.54) is 0 Å². The van der Waals surface area contributed by atoms with Crippen molar-refractivity contribution in [1.82, 2.24) is 0 Å². The molecule has 4 N–H and O–H groups in total. The van der Waals surface area contributed by atoms with Crippen LogP contribution < -0.4 is 5.73 Å². The van der Waals surface area contributed by atoms with Gasteiger partial charge < -0.3 is 15.9 Å². The Hall–Kier alpha value is -0.900. The molecule has 0 aliphatic heterocycles. The minimum absolute atomic E-state index is 0.0606. The lowest BCUT2D eigenvalue weighted by atomic mass is 9.84. The third kappa shape index (κ3) is 3.10. The molecule has 0 radical (unpaired) electrons. The lowest BCUT2D eigenvalue weighted by Gasteiger charge is -2.26. The molecule has 0 spiro atoms. The van der Waals surface area contributed by atoms with Crippen LogP contribution in [0.4, 0.5) is 0 Å². The Morgan fingerprint density at radius 2 is 1.44 bits per heavy atom. The Balaban J connectivity index is 3.35. The summed E-state index contributed by atoms with van der Waals surface area (Å²) in [7, 11) is 0. The standard InChI is InChI=1S/C15H25NO2/c1-9(2)11-6-5-7-12(10(3)4)14(11)15(18)13(17)8-16/h5-7,9-10,13,15,17-18H,8,16H2,1-4H3. The van der Waals surface area contributed by atoms with E-state index >= 15 is 0 Å². The average molecular weight is 251 g/mol. The second kappa shape index (κ2) is 6.32. The van der Waals surface area contributed by atoms with Crippen molar-refractivity contribution in [3.8, 4) is 0 Å². The highest BCUT2D eigenvalue weighted by Gasteiger charge is 2.24. The van der Waals surface area contributed by atoms with Gasteiger partial charge in [-0.1, -0.05) is 45.9 Å². The highest BCUT2D eigenvalue weighted by atomic mass is 16.3. The second-order valence-corrected chi connectivity index (χ2v) is 5.41. The first-order valence-corrected chi connectivity index (χ1v) is 6.59. The fraction of sp³-hybridized carbons (Fsp3) is 0.600. The van der Waals surface area contributed by atoms with E-state index in [9.17, 15) is 10.2 Å². The molecule has 3 heteroatoms. The largest absolute Gasteiger partial charge is 0.389 e. The van der Waals surface area contributed by atoms with Gasteiger partial charge in [0.05, 0.1) is 6.10 Å². The molecule has 0 amide bonds. The maximum absolute atomic E-state index is 10.3. The van der Waals surface area contributed by atoms with Gasteiger partial charge in [-0.25, -0.2) is 0 Å². The summed E-state index contributed by atoms with van der Waals surface area (Å²) in [5.41, 5.74) is 8.47. The van der Waals surface area contributed by atoms with Crippen molar-refractivity contribution in [3.05, 3.63) is 34.9 Å². The molecule has 0 heterocycles. The Kier molecular flexibility index (Phi) is 5.32. The number of hydrogen-bond acceptors (Lipinski definition) is 3. The van der Waals surface area contributed by atoms with Gasteiger partial charge in [-0.05, 0) is 28.5 Å². The number of benzene rings is 1. The van der Waals surface area contributed by atoms with Crippen LogP contribution in [0.5, 0.6) is 0 Å². The number of hydrogen-bond donors (Lipinski definition) is 3. The zero-order chi connectivity index (χ0) is 13.9. The number of aliphatic hydroxyl groups is 2. The van der Waals surface area contributed by atoms with Gasteiger partial charge >= 0.3 is 0 Å². The van der Waals surface area contributed by atoms with E-state index in [1.54, 1.807) is 0 Å². The first kappa shape index (κ1) is 15.2. The molecule has 1 rings (SSSR count). The molecular weight excluding hydrogens is 226 g/mol. The highest BCUT2D eigenvalue weighted by Crippen LogP contribution is 2.33. The Morgan fingerprint density at radius 1 is 1.00 bits per heavy atom. The number of aliphatic hydroxyl groups excluding tert-OH is 2. The van der Waals surface area contributed by atoms with Crippen LogP contribution in [-0.2, 0) is 0 Å². The van der Waals surface area contributed by atoms with E-state index in [0.717, 1.165) is 16.7 Å². The normalized spacial score (nSPS) is 15.2. The summed E-state index contributed by atoms with van der Waals surface area (Å²) in [6.45, 7) is 8.41. The van der Waals surface area contributed by atoms with Crippen molar-refractivity contribution in [2.24, 2.45) is 5.73 Å². The summed E-state index contributed by atoms with van der Waals surface area (Å²) in [6.07, 6.45) is -1.83. The van der Waals surface area contributed by atoms with Crippen molar-refractivity contribution in [2.75, 3.05) is 6.54 Å². The fourth-order valence-corrected chi connectivity index (χ4v) is 2.27. The van der Waals surface area contributed by atoms with Gasteiger partial charge in [0, 0.05) is 6.54 Å². The predicted molar refractivity (Wildman–Crippen MR) is 74.6 cm³/mol. The molecule has 0 fully saturated rings. The fourth-order valence-electron chi connectivity index (χ4n) is 2.27. The summed E-state index contributed by atoms with van der Waals surface area (Å²) in [6, 6.07) is 6.03.